The Balaban J connectivity index is 3.03. The van der Waals surface area contributed by atoms with Crippen LogP contribution >= 0.6 is 23.2 Å². The highest BCUT2D eigenvalue weighted by Gasteiger charge is 2.29. The quantitative estimate of drug-likeness (QED) is 0.332. The summed E-state index contributed by atoms with van der Waals surface area (Å²) in [5.74, 6) is 0. The lowest BCUT2D eigenvalue weighted by Crippen LogP contribution is -2.49. The number of quaternary nitrogens is 1. The van der Waals surface area contributed by atoms with Gasteiger partial charge in [0.2, 0.25) is 0 Å². The van der Waals surface area contributed by atoms with Crippen LogP contribution in [0.1, 0.15) is 19.4 Å². The van der Waals surface area contributed by atoms with Gasteiger partial charge in [0.25, 0.3) is 5.69 Å². The van der Waals surface area contributed by atoms with Crippen LogP contribution in [0.3, 0.4) is 0 Å². The van der Waals surface area contributed by atoms with Crippen LogP contribution in [0.2, 0.25) is 0 Å². The lowest BCUT2D eigenvalue weighted by atomic mass is 10.1. The van der Waals surface area contributed by atoms with E-state index in [1.165, 1.54) is 6.07 Å². The molecule has 0 fully saturated rings. The third-order valence-corrected chi connectivity index (χ3v) is 3.40. The van der Waals surface area contributed by atoms with E-state index < -0.39 is 0 Å². The van der Waals surface area contributed by atoms with Crippen LogP contribution in [-0.2, 0) is 6.54 Å². The van der Waals surface area contributed by atoms with E-state index in [4.69, 9.17) is 23.2 Å². The highest BCUT2D eigenvalue weighted by Crippen LogP contribution is 2.24. The number of hydrogen-bond acceptors (Lipinski definition) is 2. The van der Waals surface area contributed by atoms with E-state index in [0.29, 0.717) is 24.1 Å². The van der Waals surface area contributed by atoms with Crippen molar-refractivity contribution < 1.29 is 9.41 Å². The van der Waals surface area contributed by atoms with Crippen LogP contribution in [0.15, 0.2) is 24.3 Å². The number of para-hydroxylation sites is 1. The number of rotatable bonds is 7. The number of halogens is 2. The molecule has 0 unspecified atom stereocenters. The minimum atomic E-state index is -0.339. The minimum absolute atomic E-state index is 0.0156. The summed E-state index contributed by atoms with van der Waals surface area (Å²) in [6.07, 6.45) is 0. The maximum absolute atomic E-state index is 11.1. The Kier molecular flexibility index (Phi) is 6.24. The van der Waals surface area contributed by atoms with Gasteiger partial charge in [-0.2, -0.15) is 0 Å². The van der Waals surface area contributed by atoms with Gasteiger partial charge in [0.15, 0.2) is 0 Å². The van der Waals surface area contributed by atoms with Gasteiger partial charge in [-0.3, -0.25) is 10.1 Å². The summed E-state index contributed by atoms with van der Waals surface area (Å²) < 4.78 is 0.584. The topological polar surface area (TPSA) is 43.1 Å². The van der Waals surface area contributed by atoms with Gasteiger partial charge in [-0.05, 0) is 19.9 Å². The highest BCUT2D eigenvalue weighted by molar-refractivity contribution is 6.20. The second-order valence-electron chi connectivity index (χ2n) is 5.59. The molecule has 0 saturated carbocycles. The van der Waals surface area contributed by atoms with Crippen molar-refractivity contribution in [3.05, 3.63) is 39.9 Å². The Bertz CT molecular complexity index is 454. The van der Waals surface area contributed by atoms with Gasteiger partial charge in [-0.15, -0.1) is 23.2 Å². The summed E-state index contributed by atoms with van der Waals surface area (Å²) in [5.41, 5.74) is 0.871. The molecule has 1 rings (SSSR count). The van der Waals surface area contributed by atoms with Gasteiger partial charge >= 0.3 is 0 Å². The van der Waals surface area contributed by atoms with E-state index in [1.807, 2.05) is 27.0 Å². The molecule has 0 N–H and O–H groups in total. The monoisotopic (exact) mass is 319 g/mol. The smallest absolute Gasteiger partial charge is 0.278 e. The van der Waals surface area contributed by atoms with E-state index in [9.17, 15) is 10.1 Å². The molecular weight excluding hydrogens is 299 g/mol. The zero-order chi connectivity index (χ0) is 15.3. The summed E-state index contributed by atoms with van der Waals surface area (Å²) in [7, 11) is 2.04. The molecule has 0 aliphatic heterocycles. The van der Waals surface area contributed by atoms with Crippen LogP contribution < -0.4 is 0 Å². The number of alkyl halides is 2. The average Bonchev–Trinajstić information content (AvgIpc) is 2.26. The second-order valence-corrected chi connectivity index (χ2v) is 7.08. The number of nitro groups is 1. The van der Waals surface area contributed by atoms with Gasteiger partial charge in [0.05, 0.1) is 41.4 Å². The fourth-order valence-corrected chi connectivity index (χ4v) is 3.32. The lowest BCUT2D eigenvalue weighted by Gasteiger charge is -2.36. The van der Waals surface area contributed by atoms with Crippen molar-refractivity contribution in [3.8, 4) is 0 Å². The zero-order valence-corrected chi connectivity index (χ0v) is 13.6. The van der Waals surface area contributed by atoms with Crippen LogP contribution in [0.4, 0.5) is 5.69 Å². The molecule has 0 amide bonds. The van der Waals surface area contributed by atoms with Crippen molar-refractivity contribution in [1.82, 2.24) is 0 Å². The summed E-state index contributed by atoms with van der Waals surface area (Å²) in [6, 6.07) is 6.83. The molecule has 1 aromatic carbocycles. The Morgan fingerprint density at radius 2 is 1.70 bits per heavy atom. The van der Waals surface area contributed by atoms with Crippen LogP contribution in [0.25, 0.3) is 0 Å². The maximum Gasteiger partial charge on any atom is 0.278 e. The number of nitro benzene ring substituents is 1. The summed E-state index contributed by atoms with van der Waals surface area (Å²) in [5, 5.41) is 11.1. The van der Waals surface area contributed by atoms with Gasteiger partial charge in [-0.1, -0.05) is 12.1 Å². The zero-order valence-electron chi connectivity index (χ0n) is 12.1. The van der Waals surface area contributed by atoms with Crippen molar-refractivity contribution in [2.24, 2.45) is 0 Å². The Morgan fingerprint density at radius 1 is 1.20 bits per heavy atom. The molecule has 0 saturated heterocycles. The van der Waals surface area contributed by atoms with Gasteiger partial charge in [0, 0.05) is 6.07 Å². The first-order chi connectivity index (χ1) is 9.23. The molecule has 112 valence electrons. The fourth-order valence-electron chi connectivity index (χ4n) is 2.65. The first kappa shape index (κ1) is 17.2. The molecule has 20 heavy (non-hydrogen) atoms. The normalized spacial score (nSPS) is 14.8. The van der Waals surface area contributed by atoms with Crippen molar-refractivity contribution in [2.45, 2.75) is 31.1 Å². The summed E-state index contributed by atoms with van der Waals surface area (Å²) >= 11 is 12.2. The van der Waals surface area contributed by atoms with Crippen LogP contribution in [0, 0.1) is 10.1 Å². The standard InChI is InChI=1S/C14H21Cl2N2O2/c1-11(15)8-18(3,9-12(2)16)10-13-6-4-5-7-14(13)17(19)20/h4-7,11-12H,8-10H2,1-3H3/q+1/t11-,12-/m1/s1. The van der Waals surface area contributed by atoms with Crippen molar-refractivity contribution in [2.75, 3.05) is 20.1 Å². The maximum atomic E-state index is 11.1. The molecule has 0 aliphatic carbocycles. The third-order valence-electron chi connectivity index (χ3n) is 3.13. The molecule has 2 atom stereocenters. The molecule has 0 heterocycles. The predicted molar refractivity (Wildman–Crippen MR) is 83.3 cm³/mol. The SMILES string of the molecule is C[C@@H](Cl)C[N+](C)(Cc1ccccc1[N+](=O)[O-])C[C@@H](C)Cl. The van der Waals surface area contributed by atoms with E-state index in [-0.39, 0.29) is 21.4 Å². The molecule has 0 spiro atoms. The molecule has 4 nitrogen and oxygen atoms in total. The number of nitrogens with zero attached hydrogens (tertiary/aromatic N) is 2. The van der Waals surface area contributed by atoms with Gasteiger partial charge in [-0.25, -0.2) is 0 Å². The van der Waals surface area contributed by atoms with Gasteiger partial charge in [0.1, 0.15) is 6.54 Å². The highest BCUT2D eigenvalue weighted by atomic mass is 35.5. The van der Waals surface area contributed by atoms with Crippen molar-refractivity contribution in [3.63, 3.8) is 0 Å². The average molecular weight is 320 g/mol. The predicted octanol–water partition coefficient (Wildman–Crippen LogP) is 3.80. The van der Waals surface area contributed by atoms with E-state index in [0.717, 1.165) is 5.56 Å². The lowest BCUT2D eigenvalue weighted by molar-refractivity contribution is -0.921. The largest absolute Gasteiger partial charge is 0.320 e. The first-order valence-corrected chi connectivity index (χ1v) is 7.45. The molecule has 0 aliphatic rings. The fraction of sp³-hybridized carbons (Fsp3) is 0.571. The van der Waals surface area contributed by atoms with Crippen molar-refractivity contribution >= 4 is 28.9 Å². The first-order valence-electron chi connectivity index (χ1n) is 6.57. The Labute approximate surface area is 130 Å². The van der Waals surface area contributed by atoms with Crippen LogP contribution in [-0.4, -0.2) is 40.3 Å². The number of hydrogen-bond donors (Lipinski definition) is 0. The van der Waals surface area contributed by atoms with E-state index in [2.05, 4.69) is 0 Å². The van der Waals surface area contributed by atoms with Crippen molar-refractivity contribution in [1.29, 1.82) is 0 Å². The Hall–Kier alpha value is -0.840. The molecule has 6 heteroatoms. The van der Waals surface area contributed by atoms with E-state index >= 15 is 0 Å². The molecule has 0 aromatic heterocycles. The molecule has 0 radical (unpaired) electrons. The minimum Gasteiger partial charge on any atom is -0.320 e. The molecule has 1 aromatic rings. The molecular formula is C14H21Cl2N2O2+. The van der Waals surface area contributed by atoms with Crippen LogP contribution in [0.5, 0.6) is 0 Å². The summed E-state index contributed by atoms with van der Waals surface area (Å²) in [6.45, 7) is 5.83. The molecule has 0 bridgehead atoms. The second kappa shape index (κ2) is 7.25. The third kappa shape index (κ3) is 5.27. The van der Waals surface area contributed by atoms with Gasteiger partial charge < -0.3 is 4.48 Å². The summed E-state index contributed by atoms with van der Waals surface area (Å²) in [4.78, 5) is 10.8. The Morgan fingerprint density at radius 3 is 2.15 bits per heavy atom. The van der Waals surface area contributed by atoms with E-state index in [1.54, 1.807) is 12.1 Å². The number of benzene rings is 1.